The first-order valence-corrected chi connectivity index (χ1v) is 17.0. The molecule has 0 aliphatic carbocycles. The van der Waals surface area contributed by atoms with Gasteiger partial charge >= 0.3 is 0 Å². The minimum absolute atomic E-state index is 0.0100. The number of aliphatic hydroxyl groups is 1. The van der Waals surface area contributed by atoms with E-state index in [1.165, 1.54) is 49.7 Å². The first-order valence-electron chi connectivity index (χ1n) is 17.0. The van der Waals surface area contributed by atoms with Crippen LogP contribution in [0.25, 0.3) is 0 Å². The van der Waals surface area contributed by atoms with Crippen LogP contribution in [0.15, 0.2) is 0 Å². The Morgan fingerprint density at radius 2 is 1.22 bits per heavy atom. The molecule has 0 aromatic heterocycles. The van der Waals surface area contributed by atoms with Crippen molar-refractivity contribution in [2.24, 2.45) is 17.8 Å². The molecule has 0 aliphatic rings. The Labute approximate surface area is 293 Å². The van der Waals surface area contributed by atoms with E-state index in [1.54, 1.807) is 11.9 Å². The van der Waals surface area contributed by atoms with E-state index in [0.717, 1.165) is 13.5 Å². The van der Waals surface area contributed by atoms with Crippen LogP contribution in [0.5, 0.6) is 0 Å². The molecule has 0 bridgehead atoms. The topological polar surface area (TPSA) is 189 Å². The average molecular weight is 700 g/mol. The predicted octanol–water partition coefficient (Wildman–Crippen LogP) is 0.448. The second-order valence-corrected chi connectivity index (χ2v) is 13.5. The van der Waals surface area contributed by atoms with Crippen molar-refractivity contribution < 1.29 is 38.7 Å². The maximum absolute atomic E-state index is 13.4. The second kappa shape index (κ2) is 23.6. The smallest absolute Gasteiger partial charge is 0.245 e. The lowest BCUT2D eigenvalue weighted by atomic mass is 9.97. The largest absolute Gasteiger partial charge is 0.400 e. The molecule has 0 saturated heterocycles. The molecule has 0 fully saturated rings. The van der Waals surface area contributed by atoms with Crippen LogP contribution in [0.4, 0.5) is 0 Å². The van der Waals surface area contributed by atoms with Crippen LogP contribution < -0.4 is 16.0 Å². The fourth-order valence-electron chi connectivity index (χ4n) is 5.00. The number of amides is 7. The highest BCUT2D eigenvalue weighted by molar-refractivity contribution is 5.95. The van der Waals surface area contributed by atoms with Crippen LogP contribution in [0, 0.1) is 17.8 Å². The first-order chi connectivity index (χ1) is 22.7. The van der Waals surface area contributed by atoms with Crippen molar-refractivity contribution in [3.05, 3.63) is 0 Å². The quantitative estimate of drug-likeness (QED) is 0.132. The van der Waals surface area contributed by atoms with Gasteiger partial charge in [-0.1, -0.05) is 48.0 Å². The molecule has 15 nitrogen and oxygen atoms in total. The summed E-state index contributed by atoms with van der Waals surface area (Å²) in [6.45, 7) is 16.1. The van der Waals surface area contributed by atoms with Crippen LogP contribution in [0.1, 0.15) is 81.6 Å². The molecule has 7 amide bonds. The van der Waals surface area contributed by atoms with E-state index >= 15 is 0 Å². The highest BCUT2D eigenvalue weighted by Crippen LogP contribution is 2.14. The van der Waals surface area contributed by atoms with Gasteiger partial charge in [0.2, 0.25) is 41.9 Å². The summed E-state index contributed by atoms with van der Waals surface area (Å²) >= 11 is 0. The molecule has 0 rings (SSSR count). The van der Waals surface area contributed by atoms with Crippen molar-refractivity contribution in [2.45, 2.75) is 112 Å². The zero-order chi connectivity index (χ0) is 38.8. The molecule has 0 aromatic rings. The van der Waals surface area contributed by atoms with Crippen LogP contribution in [-0.4, -0.2) is 145 Å². The minimum Gasteiger partial charge on any atom is -0.400 e. The summed E-state index contributed by atoms with van der Waals surface area (Å²) < 4.78 is 0. The summed E-state index contributed by atoms with van der Waals surface area (Å²) in [6.07, 6.45) is 2.26. The standard InChI is InChI=1S/C33H61N7O7.CH4O/c1-14-22(6)29(33(47)37(10)18-28(43)38(11)23(7)15-20(2)3)36-27(42)17-34-30(44)24(8)39(12)31(45)25(9)40(13)32(46)26(35-19-41)16-21(4)5;1-2/h19-26,29H,14-18H2,1-13H3,(H,34,44)(H,35,41)(H,36,42);2H,1H3/t22?,23-,24?,25+,26?,29?;/m1./s1. The number of hydrogen-bond acceptors (Lipinski definition) is 8. The third kappa shape index (κ3) is 16.0. The molecule has 0 spiro atoms. The first kappa shape index (κ1) is 47.4. The van der Waals surface area contributed by atoms with Gasteiger partial charge in [-0.15, -0.1) is 0 Å². The molecule has 0 saturated carbocycles. The summed E-state index contributed by atoms with van der Waals surface area (Å²) in [5.74, 6) is -2.47. The average Bonchev–Trinajstić information content (AvgIpc) is 3.06. The van der Waals surface area contributed by atoms with Gasteiger partial charge in [0.1, 0.15) is 24.2 Å². The van der Waals surface area contributed by atoms with Gasteiger partial charge in [0.05, 0.1) is 13.1 Å². The number of hydrogen-bond donors (Lipinski definition) is 4. The summed E-state index contributed by atoms with van der Waals surface area (Å²) in [6, 6.07) is -3.61. The molecule has 15 heteroatoms. The fourth-order valence-corrected chi connectivity index (χ4v) is 5.00. The van der Waals surface area contributed by atoms with E-state index < -0.39 is 60.2 Å². The molecule has 0 aliphatic heterocycles. The number of likely N-dealkylation sites (N-methyl/N-ethyl adjacent to an activating group) is 4. The zero-order valence-corrected chi connectivity index (χ0v) is 32.3. The van der Waals surface area contributed by atoms with E-state index in [4.69, 9.17) is 5.11 Å². The van der Waals surface area contributed by atoms with E-state index in [2.05, 4.69) is 29.8 Å². The predicted molar refractivity (Wildman–Crippen MR) is 189 cm³/mol. The van der Waals surface area contributed by atoms with Gasteiger partial charge in [0.25, 0.3) is 0 Å². The van der Waals surface area contributed by atoms with Crippen molar-refractivity contribution >= 4 is 41.9 Å². The Morgan fingerprint density at radius 3 is 1.69 bits per heavy atom. The van der Waals surface area contributed by atoms with Crippen LogP contribution >= 0.6 is 0 Å². The number of rotatable bonds is 20. The van der Waals surface area contributed by atoms with E-state index in [0.29, 0.717) is 25.2 Å². The van der Waals surface area contributed by atoms with Gasteiger partial charge < -0.3 is 40.7 Å². The molecule has 4 unspecified atom stereocenters. The summed E-state index contributed by atoms with van der Waals surface area (Å²) in [5, 5.41) is 14.7. The lowest BCUT2D eigenvalue weighted by Crippen LogP contribution is -2.57. The number of aliphatic hydroxyl groups excluding tert-OH is 1. The van der Waals surface area contributed by atoms with Crippen LogP contribution in [0.3, 0.4) is 0 Å². The Morgan fingerprint density at radius 1 is 0.714 bits per heavy atom. The zero-order valence-electron chi connectivity index (χ0n) is 32.3. The number of nitrogens with one attached hydrogen (secondary N) is 3. The number of carbonyl (C=O) groups excluding carboxylic acids is 7. The maximum Gasteiger partial charge on any atom is 0.245 e. The van der Waals surface area contributed by atoms with Gasteiger partial charge in [-0.2, -0.15) is 0 Å². The fraction of sp³-hybridized carbons (Fsp3) is 0.794. The molecule has 4 N–H and O–H groups in total. The van der Waals surface area contributed by atoms with Gasteiger partial charge in [0.15, 0.2) is 0 Å². The minimum atomic E-state index is -0.986. The Bertz CT molecular complexity index is 1090. The van der Waals surface area contributed by atoms with Crippen molar-refractivity contribution in [1.82, 2.24) is 35.6 Å². The van der Waals surface area contributed by atoms with E-state index in [-0.39, 0.29) is 30.3 Å². The maximum atomic E-state index is 13.4. The SMILES string of the molecule is CCC(C)C(NC(=O)CNC(=O)C(C)N(C)C(=O)[C@H](C)N(C)C(=O)C(CC(C)C)NC=O)C(=O)N(C)CC(=O)N(C)[C@H](C)CC(C)C.CO. The lowest BCUT2D eigenvalue weighted by Gasteiger charge is -2.33. The summed E-state index contributed by atoms with van der Waals surface area (Å²) in [7, 11) is 7.12. The normalized spacial score (nSPS) is 14.5. The number of carbonyl (C=O) groups is 7. The number of nitrogens with zero attached hydrogens (tertiary/aromatic N) is 4. The van der Waals surface area contributed by atoms with Gasteiger partial charge in [-0.25, -0.2) is 0 Å². The molecule has 0 aromatic carbocycles. The molecule has 49 heavy (non-hydrogen) atoms. The van der Waals surface area contributed by atoms with Gasteiger partial charge in [-0.3, -0.25) is 33.6 Å². The summed E-state index contributed by atoms with van der Waals surface area (Å²) in [5.41, 5.74) is 0. The molecule has 6 atom stereocenters. The third-order valence-electron chi connectivity index (χ3n) is 8.70. The molecular weight excluding hydrogens is 634 g/mol. The van der Waals surface area contributed by atoms with Crippen molar-refractivity contribution in [3.63, 3.8) is 0 Å². The Balaban J connectivity index is 0. The van der Waals surface area contributed by atoms with Gasteiger partial charge in [-0.05, 0) is 51.4 Å². The lowest BCUT2D eigenvalue weighted by molar-refractivity contribution is -0.147. The molecule has 284 valence electrons. The van der Waals surface area contributed by atoms with Crippen molar-refractivity contribution in [2.75, 3.05) is 48.4 Å². The Kier molecular flexibility index (Phi) is 22.8. The highest BCUT2D eigenvalue weighted by atomic mass is 16.2. The second-order valence-electron chi connectivity index (χ2n) is 13.5. The van der Waals surface area contributed by atoms with Gasteiger partial charge in [0, 0.05) is 41.3 Å². The monoisotopic (exact) mass is 699 g/mol. The van der Waals surface area contributed by atoms with Crippen LogP contribution in [-0.2, 0) is 33.6 Å². The molecular formula is C34H65N7O8. The molecule has 0 heterocycles. The highest BCUT2D eigenvalue weighted by Gasteiger charge is 2.34. The van der Waals surface area contributed by atoms with E-state index in [1.807, 2.05) is 34.6 Å². The van der Waals surface area contributed by atoms with Crippen molar-refractivity contribution in [1.29, 1.82) is 0 Å². The van der Waals surface area contributed by atoms with Crippen LogP contribution in [0.2, 0.25) is 0 Å². The van der Waals surface area contributed by atoms with E-state index in [9.17, 15) is 33.6 Å². The molecule has 0 radical (unpaired) electrons. The van der Waals surface area contributed by atoms with Crippen molar-refractivity contribution in [3.8, 4) is 0 Å². The third-order valence-corrected chi connectivity index (χ3v) is 8.70. The Hall–Kier alpha value is -3.75. The summed E-state index contributed by atoms with van der Waals surface area (Å²) in [4.78, 5) is 94.6.